The summed E-state index contributed by atoms with van der Waals surface area (Å²) in [5.74, 6) is 0. The smallest absolute Gasteiger partial charge is 0.107 e. The molecule has 2 unspecified atom stereocenters. The molecule has 0 N–H and O–H groups in total. The number of hydrogen-bond acceptors (Lipinski definition) is 2. The molecule has 1 aliphatic rings. The quantitative estimate of drug-likeness (QED) is 0.382. The van der Waals surface area contributed by atoms with Crippen LogP contribution in [0.25, 0.3) is 0 Å². The molecule has 0 bridgehead atoms. The molecule has 3 nitrogen and oxygen atoms in total. The van der Waals surface area contributed by atoms with Crippen LogP contribution in [-0.2, 0) is 4.74 Å². The minimum Gasteiger partial charge on any atom is -0.633 e. The topological polar surface area (TPSA) is 32.3 Å². The van der Waals surface area contributed by atoms with Crippen molar-refractivity contribution >= 4 is 0 Å². The summed E-state index contributed by atoms with van der Waals surface area (Å²) in [4.78, 5) is 0. The van der Waals surface area contributed by atoms with Gasteiger partial charge in [-0.05, 0) is 19.3 Å². The Balaban J connectivity index is 2.29. The highest BCUT2D eigenvalue weighted by molar-refractivity contribution is 4.64. The lowest BCUT2D eigenvalue weighted by Gasteiger charge is -2.48. The summed E-state index contributed by atoms with van der Waals surface area (Å²) in [5.41, 5.74) is 0. The van der Waals surface area contributed by atoms with Gasteiger partial charge >= 0.3 is 0 Å². The number of nitrogens with zero attached hydrogens (tertiary/aromatic N) is 1. The molecule has 0 radical (unpaired) electrons. The van der Waals surface area contributed by atoms with Crippen molar-refractivity contribution in [1.82, 2.24) is 0 Å². The second-order valence-electron chi connectivity index (χ2n) is 5.03. The lowest BCUT2D eigenvalue weighted by atomic mass is 10.1. The van der Waals surface area contributed by atoms with Gasteiger partial charge in [-0.2, -0.15) is 0 Å². The van der Waals surface area contributed by atoms with Crippen LogP contribution >= 0.6 is 0 Å². The van der Waals surface area contributed by atoms with E-state index in [4.69, 9.17) is 4.74 Å². The van der Waals surface area contributed by atoms with Crippen LogP contribution < -0.4 is 0 Å². The number of hydroxylamine groups is 3. The van der Waals surface area contributed by atoms with E-state index in [1.54, 1.807) is 0 Å². The highest BCUT2D eigenvalue weighted by atomic mass is 16.6. The molecule has 16 heavy (non-hydrogen) atoms. The van der Waals surface area contributed by atoms with E-state index in [1.165, 1.54) is 25.7 Å². The lowest BCUT2D eigenvalue weighted by Crippen LogP contribution is -2.54. The second-order valence-corrected chi connectivity index (χ2v) is 5.03. The van der Waals surface area contributed by atoms with Gasteiger partial charge in [0.2, 0.25) is 0 Å². The van der Waals surface area contributed by atoms with E-state index >= 15 is 0 Å². The van der Waals surface area contributed by atoms with Crippen LogP contribution in [0.5, 0.6) is 0 Å². The molecule has 96 valence electrons. The molecule has 1 heterocycles. The number of quaternary nitrogens is 1. The molecular formula is C13H27NO2. The third kappa shape index (κ3) is 4.81. The van der Waals surface area contributed by atoms with Crippen molar-refractivity contribution in [2.75, 3.05) is 26.2 Å². The highest BCUT2D eigenvalue weighted by Gasteiger charge is 2.27. The molecule has 1 fully saturated rings. The summed E-state index contributed by atoms with van der Waals surface area (Å²) >= 11 is 0. The average molecular weight is 229 g/mol. The van der Waals surface area contributed by atoms with Gasteiger partial charge in [0.15, 0.2) is 0 Å². The zero-order chi connectivity index (χ0) is 11.9. The van der Waals surface area contributed by atoms with Gasteiger partial charge in [0.05, 0.1) is 13.2 Å². The van der Waals surface area contributed by atoms with Crippen molar-refractivity contribution < 1.29 is 9.38 Å². The highest BCUT2D eigenvalue weighted by Crippen LogP contribution is 2.19. The van der Waals surface area contributed by atoms with Gasteiger partial charge in [0, 0.05) is 0 Å². The normalized spacial score (nSPS) is 30.6. The van der Waals surface area contributed by atoms with E-state index in [-0.39, 0.29) is 10.8 Å². The summed E-state index contributed by atoms with van der Waals surface area (Å²) < 4.78 is 5.66. The molecular weight excluding hydrogens is 202 g/mol. The molecule has 0 aromatic heterocycles. The molecule has 1 rings (SSSR count). The fraction of sp³-hybridized carbons (Fsp3) is 1.00. The van der Waals surface area contributed by atoms with Crippen LogP contribution in [0.3, 0.4) is 0 Å². The first-order valence-corrected chi connectivity index (χ1v) is 6.89. The van der Waals surface area contributed by atoms with Crippen molar-refractivity contribution in [2.45, 2.75) is 58.5 Å². The van der Waals surface area contributed by atoms with Crippen LogP contribution in [0, 0.1) is 5.21 Å². The van der Waals surface area contributed by atoms with Gasteiger partial charge in [0.1, 0.15) is 19.2 Å². The summed E-state index contributed by atoms with van der Waals surface area (Å²) in [6, 6.07) is 0. The molecule has 1 saturated heterocycles. The number of hydrogen-bond donors (Lipinski definition) is 0. The molecule has 3 heteroatoms. The first-order valence-electron chi connectivity index (χ1n) is 6.89. The predicted octanol–water partition coefficient (Wildman–Crippen LogP) is 3.08. The maximum Gasteiger partial charge on any atom is 0.107 e. The van der Waals surface area contributed by atoms with E-state index in [0.717, 1.165) is 19.4 Å². The van der Waals surface area contributed by atoms with Gasteiger partial charge in [-0.3, -0.25) is 0 Å². The molecule has 0 aliphatic carbocycles. The Morgan fingerprint density at radius 1 is 1.19 bits per heavy atom. The molecule has 0 aromatic rings. The summed E-state index contributed by atoms with van der Waals surface area (Å²) in [5, 5.41) is 12.4. The van der Waals surface area contributed by atoms with E-state index in [2.05, 4.69) is 13.8 Å². The SMILES string of the molecule is CCCCC[N+]1([O-])CCOC(CCCC)C1. The van der Waals surface area contributed by atoms with Gasteiger partial charge in [0.25, 0.3) is 0 Å². The van der Waals surface area contributed by atoms with Crippen LogP contribution in [0.2, 0.25) is 0 Å². The molecule has 2 atom stereocenters. The van der Waals surface area contributed by atoms with E-state index in [1.807, 2.05) is 0 Å². The fourth-order valence-corrected chi connectivity index (χ4v) is 2.36. The number of ether oxygens (including phenoxy) is 1. The van der Waals surface area contributed by atoms with E-state index in [0.29, 0.717) is 19.7 Å². The Hall–Kier alpha value is -0.120. The lowest BCUT2D eigenvalue weighted by molar-refractivity contribution is -0.892. The third-order valence-electron chi connectivity index (χ3n) is 3.44. The molecule has 0 spiro atoms. The van der Waals surface area contributed by atoms with Gasteiger partial charge < -0.3 is 14.6 Å². The summed E-state index contributed by atoms with van der Waals surface area (Å²) in [6.45, 7) is 7.15. The minimum atomic E-state index is -0.00557. The Morgan fingerprint density at radius 3 is 2.62 bits per heavy atom. The minimum absolute atomic E-state index is 0.00557. The number of unbranched alkanes of at least 4 members (excludes halogenated alkanes) is 3. The Bertz CT molecular complexity index is 187. The van der Waals surface area contributed by atoms with Crippen molar-refractivity contribution in [3.8, 4) is 0 Å². The number of morpholine rings is 1. The van der Waals surface area contributed by atoms with Crippen molar-refractivity contribution in [3.63, 3.8) is 0 Å². The Kier molecular flexibility index (Phi) is 6.32. The zero-order valence-corrected chi connectivity index (χ0v) is 10.9. The van der Waals surface area contributed by atoms with Crippen LogP contribution in [0.15, 0.2) is 0 Å². The van der Waals surface area contributed by atoms with Crippen LogP contribution in [0.4, 0.5) is 0 Å². The third-order valence-corrected chi connectivity index (χ3v) is 3.44. The van der Waals surface area contributed by atoms with Crippen molar-refractivity contribution in [1.29, 1.82) is 0 Å². The molecule has 1 aliphatic heterocycles. The monoisotopic (exact) mass is 229 g/mol. The fourth-order valence-electron chi connectivity index (χ4n) is 2.36. The van der Waals surface area contributed by atoms with E-state index in [9.17, 15) is 5.21 Å². The zero-order valence-electron chi connectivity index (χ0n) is 10.9. The van der Waals surface area contributed by atoms with Crippen LogP contribution in [0.1, 0.15) is 52.4 Å². The predicted molar refractivity (Wildman–Crippen MR) is 67.0 cm³/mol. The Labute approximate surface area is 99.9 Å². The Morgan fingerprint density at radius 2 is 1.94 bits per heavy atom. The molecule has 0 aromatic carbocycles. The largest absolute Gasteiger partial charge is 0.633 e. The van der Waals surface area contributed by atoms with Gasteiger partial charge in [-0.25, -0.2) is 0 Å². The summed E-state index contributed by atoms with van der Waals surface area (Å²) in [7, 11) is 0. The average Bonchev–Trinajstić information content (AvgIpc) is 2.27. The summed E-state index contributed by atoms with van der Waals surface area (Å²) in [6.07, 6.45) is 7.09. The standard InChI is InChI=1S/C13H27NO2/c1-3-5-7-9-14(15)10-11-16-13(12-14)8-6-4-2/h13H,3-12H2,1-2H3. The van der Waals surface area contributed by atoms with Crippen molar-refractivity contribution in [3.05, 3.63) is 5.21 Å². The van der Waals surface area contributed by atoms with Gasteiger partial charge in [-0.15, -0.1) is 0 Å². The van der Waals surface area contributed by atoms with Gasteiger partial charge in [-0.1, -0.05) is 33.1 Å². The van der Waals surface area contributed by atoms with Crippen LogP contribution in [-0.4, -0.2) is 37.0 Å². The maximum absolute atomic E-state index is 12.4. The van der Waals surface area contributed by atoms with Crippen molar-refractivity contribution in [2.24, 2.45) is 0 Å². The second kappa shape index (κ2) is 7.25. The molecule has 0 amide bonds. The first-order chi connectivity index (χ1) is 7.70. The molecule has 0 saturated carbocycles. The number of rotatable bonds is 7. The first kappa shape index (κ1) is 13.9. The van der Waals surface area contributed by atoms with E-state index < -0.39 is 0 Å². The maximum atomic E-state index is 12.4.